The maximum Gasteiger partial charge on any atom is 0.135 e. The maximum absolute atomic E-state index is 14.6. The van der Waals surface area contributed by atoms with E-state index in [1.807, 2.05) is 42.5 Å². The summed E-state index contributed by atoms with van der Waals surface area (Å²) >= 11 is 5.81. The summed E-state index contributed by atoms with van der Waals surface area (Å²) in [5.74, 6) is -0.338. The average Bonchev–Trinajstić information content (AvgIpc) is 3.06. The van der Waals surface area contributed by atoms with Crippen molar-refractivity contribution in [3.63, 3.8) is 0 Å². The molecule has 2 aliphatic rings. The highest BCUT2D eigenvalue weighted by Crippen LogP contribution is 2.48. The van der Waals surface area contributed by atoms with Crippen molar-refractivity contribution in [3.8, 4) is 28.0 Å². The van der Waals surface area contributed by atoms with Crippen molar-refractivity contribution in [2.24, 2.45) is 0 Å². The van der Waals surface area contributed by atoms with E-state index in [2.05, 4.69) is 5.32 Å². The van der Waals surface area contributed by atoms with Gasteiger partial charge in [0.25, 0.3) is 0 Å². The Hall–Kier alpha value is -2.43. The molecular weight excluding hydrogens is 380 g/mol. The summed E-state index contributed by atoms with van der Waals surface area (Å²) in [6, 6.07) is 15.8. The SMILES string of the molecule is Fc1cc(Cl)cc(F)c1-c1cc(-c2ccccc2)c2c(c1)C1CNCCC1O2. The molecule has 28 heavy (non-hydrogen) atoms. The van der Waals surface area contributed by atoms with Crippen molar-refractivity contribution in [2.45, 2.75) is 18.4 Å². The first kappa shape index (κ1) is 17.7. The van der Waals surface area contributed by atoms with Gasteiger partial charge in [0.2, 0.25) is 0 Å². The molecule has 0 amide bonds. The Kier molecular flexibility index (Phi) is 4.33. The van der Waals surface area contributed by atoms with Gasteiger partial charge in [-0.05, 0) is 48.4 Å². The molecule has 142 valence electrons. The van der Waals surface area contributed by atoms with Crippen molar-refractivity contribution in [1.82, 2.24) is 5.32 Å². The smallest absolute Gasteiger partial charge is 0.135 e. The van der Waals surface area contributed by atoms with Crippen LogP contribution in [0.3, 0.4) is 0 Å². The van der Waals surface area contributed by atoms with E-state index in [1.165, 1.54) is 0 Å². The zero-order valence-electron chi connectivity index (χ0n) is 15.0. The Morgan fingerprint density at radius 1 is 0.964 bits per heavy atom. The predicted molar refractivity (Wildman–Crippen MR) is 107 cm³/mol. The third-order valence-electron chi connectivity index (χ3n) is 5.59. The van der Waals surface area contributed by atoms with Gasteiger partial charge < -0.3 is 10.1 Å². The average molecular weight is 398 g/mol. The van der Waals surface area contributed by atoms with Crippen LogP contribution in [0, 0.1) is 11.6 Å². The van der Waals surface area contributed by atoms with Crippen LogP contribution >= 0.6 is 11.6 Å². The first-order valence-electron chi connectivity index (χ1n) is 9.37. The van der Waals surface area contributed by atoms with Gasteiger partial charge in [0.1, 0.15) is 23.5 Å². The second-order valence-electron chi connectivity index (χ2n) is 7.31. The number of rotatable bonds is 2. The van der Waals surface area contributed by atoms with E-state index in [4.69, 9.17) is 16.3 Å². The van der Waals surface area contributed by atoms with Crippen LogP contribution in [-0.4, -0.2) is 19.2 Å². The molecule has 0 aromatic heterocycles. The summed E-state index contributed by atoms with van der Waals surface area (Å²) in [5, 5.41) is 3.44. The fourth-order valence-corrected chi connectivity index (χ4v) is 4.48. The van der Waals surface area contributed by atoms with Crippen molar-refractivity contribution < 1.29 is 13.5 Å². The predicted octanol–water partition coefficient (Wildman–Crippen LogP) is 5.79. The zero-order chi connectivity index (χ0) is 19.3. The minimum Gasteiger partial charge on any atom is -0.489 e. The molecule has 0 saturated carbocycles. The summed E-state index contributed by atoms with van der Waals surface area (Å²) in [6.45, 7) is 1.70. The Morgan fingerprint density at radius 2 is 1.71 bits per heavy atom. The van der Waals surface area contributed by atoms with E-state index in [0.29, 0.717) is 5.56 Å². The number of hydrogen-bond donors (Lipinski definition) is 1. The highest BCUT2D eigenvalue weighted by atomic mass is 35.5. The van der Waals surface area contributed by atoms with E-state index in [0.717, 1.165) is 54.1 Å². The van der Waals surface area contributed by atoms with Crippen LogP contribution in [0.4, 0.5) is 8.78 Å². The highest BCUT2D eigenvalue weighted by Gasteiger charge is 2.38. The number of benzene rings is 3. The normalized spacial score (nSPS) is 20.4. The number of ether oxygens (including phenoxy) is 1. The molecule has 1 fully saturated rings. The molecule has 5 heteroatoms. The molecule has 1 saturated heterocycles. The van der Waals surface area contributed by atoms with Crippen LogP contribution in [0.25, 0.3) is 22.3 Å². The van der Waals surface area contributed by atoms with Gasteiger partial charge in [-0.25, -0.2) is 8.78 Å². The van der Waals surface area contributed by atoms with Crippen molar-refractivity contribution >= 4 is 11.6 Å². The number of halogens is 3. The molecular formula is C23H18ClF2NO. The molecule has 2 atom stereocenters. The van der Waals surface area contributed by atoms with Crippen LogP contribution in [-0.2, 0) is 0 Å². The summed E-state index contributed by atoms with van der Waals surface area (Å²) in [6.07, 6.45) is 1.00. The molecule has 3 aromatic rings. The van der Waals surface area contributed by atoms with Gasteiger partial charge in [0.05, 0.1) is 5.56 Å². The van der Waals surface area contributed by atoms with E-state index in [1.54, 1.807) is 0 Å². The minimum atomic E-state index is -0.666. The molecule has 2 unspecified atom stereocenters. The lowest BCUT2D eigenvalue weighted by molar-refractivity contribution is 0.173. The lowest BCUT2D eigenvalue weighted by Gasteiger charge is -2.24. The Morgan fingerprint density at radius 3 is 2.46 bits per heavy atom. The lowest BCUT2D eigenvalue weighted by Crippen LogP contribution is -2.37. The van der Waals surface area contributed by atoms with Crippen molar-refractivity contribution in [3.05, 3.63) is 76.8 Å². The fraction of sp³-hybridized carbons (Fsp3) is 0.217. The molecule has 0 radical (unpaired) electrons. The van der Waals surface area contributed by atoms with Crippen LogP contribution < -0.4 is 10.1 Å². The molecule has 1 N–H and O–H groups in total. The fourth-order valence-electron chi connectivity index (χ4n) is 4.29. The largest absolute Gasteiger partial charge is 0.489 e. The third-order valence-corrected chi connectivity index (χ3v) is 5.80. The summed E-state index contributed by atoms with van der Waals surface area (Å²) in [5.41, 5.74) is 3.26. The van der Waals surface area contributed by atoms with E-state index in [9.17, 15) is 8.78 Å². The van der Waals surface area contributed by atoms with Gasteiger partial charge in [0.15, 0.2) is 0 Å². The van der Waals surface area contributed by atoms with Crippen LogP contribution in [0.2, 0.25) is 5.02 Å². The summed E-state index contributed by atoms with van der Waals surface area (Å²) in [4.78, 5) is 0. The van der Waals surface area contributed by atoms with E-state index in [-0.39, 0.29) is 22.6 Å². The molecule has 0 spiro atoms. The van der Waals surface area contributed by atoms with Gasteiger partial charge in [-0.2, -0.15) is 0 Å². The second-order valence-corrected chi connectivity index (χ2v) is 7.74. The number of fused-ring (bicyclic) bond motifs is 3. The summed E-state index contributed by atoms with van der Waals surface area (Å²) < 4.78 is 35.6. The van der Waals surface area contributed by atoms with Crippen molar-refractivity contribution in [1.29, 1.82) is 0 Å². The van der Waals surface area contributed by atoms with Gasteiger partial charge >= 0.3 is 0 Å². The van der Waals surface area contributed by atoms with Crippen LogP contribution in [0.5, 0.6) is 5.75 Å². The van der Waals surface area contributed by atoms with Gasteiger partial charge in [-0.1, -0.05) is 41.9 Å². The number of hydrogen-bond acceptors (Lipinski definition) is 2. The zero-order valence-corrected chi connectivity index (χ0v) is 15.8. The molecule has 5 rings (SSSR count). The first-order valence-corrected chi connectivity index (χ1v) is 9.75. The monoisotopic (exact) mass is 397 g/mol. The molecule has 0 aliphatic carbocycles. The molecule has 2 nitrogen and oxygen atoms in total. The standard InChI is InChI=1S/C23H18ClF2NO/c24-15-10-19(25)22(20(26)11-15)14-8-16(13-4-2-1-3-5-13)23-17(9-14)18-12-27-7-6-21(18)28-23/h1-5,8-11,18,21,27H,6-7,12H2. The minimum absolute atomic E-state index is 0.0445. The first-order chi connectivity index (χ1) is 13.6. The third kappa shape index (κ3) is 2.88. The van der Waals surface area contributed by atoms with E-state index < -0.39 is 11.6 Å². The second kappa shape index (κ2) is 6.87. The van der Waals surface area contributed by atoms with Gasteiger partial charge in [-0.3, -0.25) is 0 Å². The summed E-state index contributed by atoms with van der Waals surface area (Å²) in [7, 11) is 0. The maximum atomic E-state index is 14.6. The Balaban J connectivity index is 1.75. The molecule has 0 bridgehead atoms. The van der Waals surface area contributed by atoms with Gasteiger partial charge in [0, 0.05) is 28.6 Å². The molecule has 2 aliphatic heterocycles. The van der Waals surface area contributed by atoms with Crippen LogP contribution in [0.15, 0.2) is 54.6 Å². The number of piperidine rings is 1. The van der Waals surface area contributed by atoms with Crippen LogP contribution in [0.1, 0.15) is 17.9 Å². The van der Waals surface area contributed by atoms with E-state index >= 15 is 0 Å². The van der Waals surface area contributed by atoms with Gasteiger partial charge in [-0.15, -0.1) is 0 Å². The Bertz CT molecular complexity index is 1030. The topological polar surface area (TPSA) is 21.3 Å². The molecule has 2 heterocycles. The quantitative estimate of drug-likeness (QED) is 0.591. The lowest BCUT2D eigenvalue weighted by atomic mass is 9.87. The van der Waals surface area contributed by atoms with Crippen molar-refractivity contribution in [2.75, 3.05) is 13.1 Å². The highest BCUT2D eigenvalue weighted by molar-refractivity contribution is 6.30. The molecule has 3 aromatic carbocycles. The number of nitrogens with one attached hydrogen (secondary N) is 1. The Labute approximate surface area is 167 Å².